The quantitative estimate of drug-likeness (QED) is 0.427. The molecule has 3 rings (SSSR count). The number of amides is 1. The molecule has 1 amide bonds. The standard InChI is InChI=1S/C18H14Cl4N4O2S/c1-26-16(8-28-15-7-11(20)2-4-12(15)21)24-25-18(26)29-9-17(27)23-14-5-3-10(19)6-13(14)22/h2-7H,8-9H2,1H3,(H,23,27). The van der Waals surface area contributed by atoms with E-state index >= 15 is 0 Å². The topological polar surface area (TPSA) is 69.0 Å². The van der Waals surface area contributed by atoms with Crippen LogP contribution >= 0.6 is 58.2 Å². The predicted molar refractivity (Wildman–Crippen MR) is 118 cm³/mol. The number of rotatable bonds is 7. The molecule has 1 N–H and O–H groups in total. The predicted octanol–water partition coefficient (Wildman–Crippen LogP) is 5.74. The number of halogens is 4. The number of nitrogens with zero attached hydrogens (tertiary/aromatic N) is 3. The molecule has 0 fully saturated rings. The molecule has 0 bridgehead atoms. The first-order valence-electron chi connectivity index (χ1n) is 8.17. The van der Waals surface area contributed by atoms with E-state index in [1.807, 2.05) is 0 Å². The van der Waals surface area contributed by atoms with E-state index in [1.165, 1.54) is 11.8 Å². The van der Waals surface area contributed by atoms with Gasteiger partial charge < -0.3 is 14.6 Å². The number of hydrogen-bond acceptors (Lipinski definition) is 5. The maximum Gasteiger partial charge on any atom is 0.234 e. The summed E-state index contributed by atoms with van der Waals surface area (Å²) < 4.78 is 7.41. The molecule has 0 radical (unpaired) electrons. The van der Waals surface area contributed by atoms with Crippen molar-refractivity contribution in [3.8, 4) is 5.75 Å². The first-order chi connectivity index (χ1) is 13.8. The molecule has 0 spiro atoms. The molecule has 0 aliphatic rings. The number of ether oxygens (including phenoxy) is 1. The van der Waals surface area contributed by atoms with E-state index in [2.05, 4.69) is 15.5 Å². The SMILES string of the molecule is Cn1c(COc2cc(Cl)ccc2Cl)nnc1SCC(=O)Nc1ccc(Cl)cc1Cl. The summed E-state index contributed by atoms with van der Waals surface area (Å²) in [7, 11) is 1.79. The third-order valence-electron chi connectivity index (χ3n) is 3.71. The number of carbonyl (C=O) groups excluding carboxylic acids is 1. The van der Waals surface area contributed by atoms with Gasteiger partial charge in [-0.25, -0.2) is 0 Å². The monoisotopic (exact) mass is 490 g/mol. The van der Waals surface area contributed by atoms with Crippen molar-refractivity contribution in [2.24, 2.45) is 7.05 Å². The van der Waals surface area contributed by atoms with Crippen LogP contribution in [0, 0.1) is 0 Å². The lowest BCUT2D eigenvalue weighted by molar-refractivity contribution is -0.113. The van der Waals surface area contributed by atoms with Crippen LogP contribution < -0.4 is 10.1 Å². The lowest BCUT2D eigenvalue weighted by Gasteiger charge is -2.09. The number of hydrogen-bond donors (Lipinski definition) is 1. The second kappa shape index (κ2) is 9.91. The largest absolute Gasteiger partial charge is 0.484 e. The summed E-state index contributed by atoms with van der Waals surface area (Å²) in [5, 5.41) is 13.3. The van der Waals surface area contributed by atoms with Crippen LogP contribution in [0.15, 0.2) is 41.6 Å². The molecular formula is C18H14Cl4N4O2S. The van der Waals surface area contributed by atoms with Crippen LogP contribution in [0.1, 0.15) is 5.82 Å². The minimum Gasteiger partial charge on any atom is -0.484 e. The zero-order chi connectivity index (χ0) is 21.0. The Morgan fingerprint density at radius 3 is 2.55 bits per heavy atom. The fourth-order valence-electron chi connectivity index (χ4n) is 2.23. The number of aromatic nitrogens is 3. The molecule has 0 aliphatic heterocycles. The van der Waals surface area contributed by atoms with E-state index in [0.717, 1.165) is 0 Å². The average molecular weight is 492 g/mol. The third kappa shape index (κ3) is 5.93. The fourth-order valence-corrected chi connectivity index (χ4v) is 3.75. The van der Waals surface area contributed by atoms with Crippen molar-refractivity contribution in [3.63, 3.8) is 0 Å². The number of anilines is 1. The molecule has 2 aromatic carbocycles. The fraction of sp³-hybridized carbons (Fsp3) is 0.167. The number of benzene rings is 2. The molecule has 0 aliphatic carbocycles. The van der Waals surface area contributed by atoms with Gasteiger partial charge in [0.15, 0.2) is 11.0 Å². The summed E-state index contributed by atoms with van der Waals surface area (Å²) >= 11 is 25.2. The zero-order valence-corrected chi connectivity index (χ0v) is 18.8. The van der Waals surface area contributed by atoms with Crippen molar-refractivity contribution in [3.05, 3.63) is 62.3 Å². The van der Waals surface area contributed by atoms with Gasteiger partial charge in [0, 0.05) is 23.2 Å². The second-order valence-corrected chi connectivity index (χ2v) is 8.41. The van der Waals surface area contributed by atoms with Gasteiger partial charge in [-0.1, -0.05) is 58.2 Å². The highest BCUT2D eigenvalue weighted by atomic mass is 35.5. The Hall–Kier alpha value is -1.64. The van der Waals surface area contributed by atoms with Gasteiger partial charge in [-0.05, 0) is 30.3 Å². The Morgan fingerprint density at radius 1 is 1.07 bits per heavy atom. The van der Waals surface area contributed by atoms with Crippen molar-refractivity contribution in [1.82, 2.24) is 14.8 Å². The molecule has 0 atom stereocenters. The molecule has 3 aromatic rings. The minimum atomic E-state index is -0.231. The van der Waals surface area contributed by atoms with E-state index in [1.54, 1.807) is 48.0 Å². The van der Waals surface area contributed by atoms with Gasteiger partial charge in [0.1, 0.15) is 12.4 Å². The highest BCUT2D eigenvalue weighted by Crippen LogP contribution is 2.29. The van der Waals surface area contributed by atoms with Crippen molar-refractivity contribution in [2.75, 3.05) is 11.1 Å². The number of thioether (sulfide) groups is 1. The van der Waals surface area contributed by atoms with Gasteiger partial charge in [-0.3, -0.25) is 4.79 Å². The van der Waals surface area contributed by atoms with Crippen LogP contribution in [0.2, 0.25) is 20.1 Å². The molecule has 0 unspecified atom stereocenters. The van der Waals surface area contributed by atoms with E-state index in [0.29, 0.717) is 42.5 Å². The normalized spacial score (nSPS) is 10.8. The molecule has 29 heavy (non-hydrogen) atoms. The molecule has 11 heteroatoms. The Labute approximate surface area is 191 Å². The van der Waals surface area contributed by atoms with Gasteiger partial charge in [0.25, 0.3) is 0 Å². The molecule has 1 heterocycles. The summed E-state index contributed by atoms with van der Waals surface area (Å²) in [5.41, 5.74) is 0.493. The lowest BCUT2D eigenvalue weighted by atomic mass is 10.3. The first-order valence-corrected chi connectivity index (χ1v) is 10.7. The van der Waals surface area contributed by atoms with Gasteiger partial charge in [0.2, 0.25) is 5.91 Å². The van der Waals surface area contributed by atoms with Gasteiger partial charge in [-0.2, -0.15) is 0 Å². The van der Waals surface area contributed by atoms with Crippen molar-refractivity contribution in [2.45, 2.75) is 11.8 Å². The van der Waals surface area contributed by atoms with Crippen LogP contribution in [-0.2, 0) is 18.4 Å². The van der Waals surface area contributed by atoms with Crippen molar-refractivity contribution in [1.29, 1.82) is 0 Å². The molecule has 1 aromatic heterocycles. The molecule has 0 saturated heterocycles. The van der Waals surface area contributed by atoms with Crippen molar-refractivity contribution >= 4 is 69.8 Å². The molecular weight excluding hydrogens is 478 g/mol. The maximum atomic E-state index is 12.2. The van der Waals surface area contributed by atoms with E-state index in [-0.39, 0.29) is 18.3 Å². The molecule has 6 nitrogen and oxygen atoms in total. The minimum absolute atomic E-state index is 0.131. The summed E-state index contributed by atoms with van der Waals surface area (Å²) in [6.07, 6.45) is 0. The van der Waals surface area contributed by atoms with E-state index < -0.39 is 0 Å². The lowest BCUT2D eigenvalue weighted by Crippen LogP contribution is -2.15. The first kappa shape index (κ1) is 22.1. The average Bonchev–Trinajstić information content (AvgIpc) is 3.03. The summed E-state index contributed by atoms with van der Waals surface area (Å²) in [6, 6.07) is 9.82. The Kier molecular flexibility index (Phi) is 7.54. The Morgan fingerprint density at radius 2 is 1.79 bits per heavy atom. The highest BCUT2D eigenvalue weighted by Gasteiger charge is 2.14. The van der Waals surface area contributed by atoms with Crippen LogP contribution in [0.25, 0.3) is 0 Å². The summed E-state index contributed by atoms with van der Waals surface area (Å²) in [5.74, 6) is 0.928. The summed E-state index contributed by atoms with van der Waals surface area (Å²) in [4.78, 5) is 12.2. The number of nitrogens with one attached hydrogen (secondary N) is 1. The molecule has 0 saturated carbocycles. The van der Waals surface area contributed by atoms with Crippen LogP contribution in [0.3, 0.4) is 0 Å². The maximum absolute atomic E-state index is 12.2. The number of carbonyl (C=O) groups is 1. The van der Waals surface area contributed by atoms with Gasteiger partial charge in [0.05, 0.1) is 21.5 Å². The van der Waals surface area contributed by atoms with E-state index in [9.17, 15) is 4.79 Å². The smallest absolute Gasteiger partial charge is 0.234 e. The third-order valence-corrected chi connectivity index (χ3v) is 5.83. The van der Waals surface area contributed by atoms with Crippen LogP contribution in [0.5, 0.6) is 5.75 Å². The zero-order valence-electron chi connectivity index (χ0n) is 15.0. The molecule has 152 valence electrons. The second-order valence-electron chi connectivity index (χ2n) is 5.78. The Bertz CT molecular complexity index is 1040. The van der Waals surface area contributed by atoms with E-state index in [4.69, 9.17) is 51.1 Å². The van der Waals surface area contributed by atoms with Crippen LogP contribution in [-0.4, -0.2) is 26.4 Å². The van der Waals surface area contributed by atoms with Gasteiger partial charge >= 0.3 is 0 Å². The van der Waals surface area contributed by atoms with Crippen molar-refractivity contribution < 1.29 is 9.53 Å². The highest BCUT2D eigenvalue weighted by molar-refractivity contribution is 7.99. The van der Waals surface area contributed by atoms with Crippen LogP contribution in [0.4, 0.5) is 5.69 Å². The summed E-state index contributed by atoms with van der Waals surface area (Å²) in [6.45, 7) is 0.150. The Balaban J connectivity index is 1.56. The van der Waals surface area contributed by atoms with Gasteiger partial charge in [-0.15, -0.1) is 10.2 Å².